The van der Waals surface area contributed by atoms with Gasteiger partial charge in [0.2, 0.25) is 0 Å². The van der Waals surface area contributed by atoms with Gasteiger partial charge in [0.25, 0.3) is 6.29 Å². The molecule has 0 N–H and O–H groups in total. The van der Waals surface area contributed by atoms with Crippen molar-refractivity contribution < 1.29 is 32.3 Å². The molecular weight excluding hydrogens is 316 g/mol. The number of rotatable bonds is 1. The molecule has 0 amide bonds. The van der Waals surface area contributed by atoms with Gasteiger partial charge in [0, 0.05) is 12.5 Å². The Labute approximate surface area is 139 Å². The molecule has 0 bridgehead atoms. The summed E-state index contributed by atoms with van der Waals surface area (Å²) in [5.41, 5.74) is -0.0428. The molecule has 7 heteroatoms. The van der Waals surface area contributed by atoms with Crippen LogP contribution in [0.25, 0.3) is 11.0 Å². The Balaban J connectivity index is 1.88. The number of ether oxygens (including phenoxy) is 4. The number of esters is 1. The highest BCUT2D eigenvalue weighted by Crippen LogP contribution is 2.49. The Bertz CT molecular complexity index is 1080. The van der Waals surface area contributed by atoms with Crippen LogP contribution in [-0.2, 0) is 15.9 Å². The van der Waals surface area contributed by atoms with Crippen LogP contribution in [0, 0.1) is 0 Å². The Morgan fingerprint density at radius 1 is 1.38 bits per heavy atom. The summed E-state index contributed by atoms with van der Waals surface area (Å²) in [4.78, 5) is 24.5. The van der Waals surface area contributed by atoms with Crippen molar-refractivity contribution in [2.24, 2.45) is 0 Å². The van der Waals surface area contributed by atoms with Crippen LogP contribution in [0.2, 0.25) is 0 Å². The number of benzene rings is 1. The van der Waals surface area contributed by atoms with E-state index in [0.29, 0.717) is 16.9 Å². The van der Waals surface area contributed by atoms with Crippen molar-refractivity contribution in [1.29, 1.82) is 0 Å². The van der Waals surface area contributed by atoms with E-state index in [1.165, 1.54) is 12.3 Å². The van der Waals surface area contributed by atoms with Crippen LogP contribution in [0.15, 0.2) is 27.6 Å². The van der Waals surface area contributed by atoms with Gasteiger partial charge >= 0.3 is 11.6 Å². The largest absolute Gasteiger partial charge is 0.496 e. The van der Waals surface area contributed by atoms with Crippen LogP contribution < -0.4 is 15.1 Å². The molecule has 2 aromatic rings. The van der Waals surface area contributed by atoms with Crippen molar-refractivity contribution in [1.82, 2.24) is 0 Å². The zero-order valence-electron chi connectivity index (χ0n) is 15.2. The molecule has 5 rings (SSSR count). The van der Waals surface area contributed by atoms with Crippen molar-refractivity contribution in [2.75, 3.05) is 13.6 Å². The minimum absolute atomic E-state index is 0.0533. The number of cyclic esters (lactones) is 1. The minimum atomic E-state index is -2.75. The summed E-state index contributed by atoms with van der Waals surface area (Å²) >= 11 is 0. The molecule has 0 aliphatic carbocycles. The maximum atomic E-state index is 12.5. The van der Waals surface area contributed by atoms with Crippen LogP contribution in [-0.4, -0.2) is 25.9 Å². The minimum Gasteiger partial charge on any atom is -0.496 e. The lowest BCUT2D eigenvalue weighted by Gasteiger charge is -2.18. The number of methoxy groups -OCH3 is 1. The Morgan fingerprint density at radius 2 is 2.29 bits per heavy atom. The lowest BCUT2D eigenvalue weighted by molar-refractivity contribution is -0.00485. The smallest absolute Gasteiger partial charge is 0.351 e. The van der Waals surface area contributed by atoms with Gasteiger partial charge in [-0.1, -0.05) is 0 Å². The van der Waals surface area contributed by atoms with Crippen LogP contribution in [0.5, 0.6) is 11.5 Å². The van der Waals surface area contributed by atoms with Gasteiger partial charge in [0.1, 0.15) is 22.6 Å². The zero-order chi connectivity index (χ0) is 18.9. The second-order valence-electron chi connectivity index (χ2n) is 5.70. The first-order valence-electron chi connectivity index (χ1n) is 8.85. The molecule has 2 atom stereocenters. The van der Waals surface area contributed by atoms with E-state index >= 15 is 0 Å². The molecule has 3 aliphatic rings. The molecule has 122 valence electrons. The summed E-state index contributed by atoms with van der Waals surface area (Å²) in [6, 6.07) is 1.43. The quantitative estimate of drug-likeness (QED) is 0.582. The summed E-state index contributed by atoms with van der Waals surface area (Å²) in [5, 5.41) is 0.265. The van der Waals surface area contributed by atoms with Crippen molar-refractivity contribution >= 4 is 16.9 Å². The van der Waals surface area contributed by atoms with Crippen molar-refractivity contribution in [3.05, 3.63) is 45.5 Å². The van der Waals surface area contributed by atoms with Crippen molar-refractivity contribution in [3.63, 3.8) is 0 Å². The molecule has 0 saturated heterocycles. The SMILES string of the molecule is [2H]C([2H])([2H])Oc1cc2c(c3oc(=O)c4c(c13)CCOC4=O)[C@@H]1C=CO[C@@H]1O2. The molecule has 0 spiro atoms. The van der Waals surface area contributed by atoms with E-state index in [2.05, 4.69) is 0 Å². The lowest BCUT2D eigenvalue weighted by Crippen LogP contribution is -2.26. The average molecular weight is 331 g/mol. The molecule has 24 heavy (non-hydrogen) atoms. The third kappa shape index (κ3) is 1.56. The molecule has 1 aromatic carbocycles. The fourth-order valence-corrected chi connectivity index (χ4v) is 3.52. The Hall–Kier alpha value is -2.96. The van der Waals surface area contributed by atoms with Gasteiger partial charge in [-0.15, -0.1) is 0 Å². The monoisotopic (exact) mass is 331 g/mol. The highest BCUT2D eigenvalue weighted by atomic mass is 16.7. The van der Waals surface area contributed by atoms with Gasteiger partial charge in [-0.05, 0) is 11.6 Å². The fourth-order valence-electron chi connectivity index (χ4n) is 3.52. The molecular formula is C17H12O7. The van der Waals surface area contributed by atoms with E-state index < -0.39 is 24.9 Å². The van der Waals surface area contributed by atoms with Gasteiger partial charge in [-0.25, -0.2) is 9.59 Å². The first-order chi connectivity index (χ1) is 12.8. The molecule has 4 heterocycles. The highest BCUT2D eigenvalue weighted by molar-refractivity contribution is 6.01. The second kappa shape index (κ2) is 4.53. The number of fused-ring (bicyclic) bond motifs is 7. The Kier molecular flexibility index (Phi) is 2.03. The summed E-state index contributed by atoms with van der Waals surface area (Å²) in [6.07, 6.45) is 2.86. The molecule has 0 unspecified atom stereocenters. The highest BCUT2D eigenvalue weighted by Gasteiger charge is 2.41. The molecule has 7 nitrogen and oxygen atoms in total. The van der Waals surface area contributed by atoms with E-state index in [-0.39, 0.29) is 41.2 Å². The molecule has 0 fully saturated rings. The fraction of sp³-hybridized carbons (Fsp3) is 0.294. The van der Waals surface area contributed by atoms with Gasteiger partial charge in [-0.3, -0.25) is 0 Å². The summed E-state index contributed by atoms with van der Waals surface area (Å²) < 4.78 is 48.9. The summed E-state index contributed by atoms with van der Waals surface area (Å²) in [6.45, 7) is 0.0697. The predicted octanol–water partition coefficient (Wildman–Crippen LogP) is 1.86. The number of carbonyl (C=O) groups is 1. The normalized spacial score (nSPS) is 25.5. The maximum absolute atomic E-state index is 12.5. The van der Waals surface area contributed by atoms with E-state index in [4.69, 9.17) is 27.5 Å². The van der Waals surface area contributed by atoms with Crippen LogP contribution >= 0.6 is 0 Å². The molecule has 0 saturated carbocycles. The van der Waals surface area contributed by atoms with Gasteiger partial charge < -0.3 is 23.4 Å². The first kappa shape index (κ1) is 10.7. The number of hydrogen-bond acceptors (Lipinski definition) is 7. The third-order valence-corrected chi connectivity index (χ3v) is 4.52. The van der Waals surface area contributed by atoms with Crippen LogP contribution in [0.1, 0.15) is 31.5 Å². The van der Waals surface area contributed by atoms with Crippen molar-refractivity contribution in [2.45, 2.75) is 18.6 Å². The second-order valence-corrected chi connectivity index (χ2v) is 5.70. The predicted molar refractivity (Wildman–Crippen MR) is 80.4 cm³/mol. The number of hydrogen-bond donors (Lipinski definition) is 0. The number of carbonyl (C=O) groups excluding carboxylic acids is 1. The van der Waals surface area contributed by atoms with E-state index in [0.717, 1.165) is 0 Å². The summed E-state index contributed by atoms with van der Waals surface area (Å²) in [7, 11) is -2.75. The molecule has 0 radical (unpaired) electrons. The van der Waals surface area contributed by atoms with E-state index in [1.807, 2.05) is 0 Å². The average Bonchev–Trinajstić information content (AvgIpc) is 3.13. The summed E-state index contributed by atoms with van der Waals surface area (Å²) in [5.74, 6) is -0.864. The van der Waals surface area contributed by atoms with Crippen LogP contribution in [0.4, 0.5) is 0 Å². The maximum Gasteiger partial charge on any atom is 0.351 e. The topological polar surface area (TPSA) is 84.2 Å². The van der Waals surface area contributed by atoms with Gasteiger partial charge in [0.15, 0.2) is 0 Å². The van der Waals surface area contributed by atoms with Crippen molar-refractivity contribution in [3.8, 4) is 11.5 Å². The first-order valence-corrected chi connectivity index (χ1v) is 7.35. The van der Waals surface area contributed by atoms with Gasteiger partial charge in [0.05, 0.1) is 40.9 Å². The standard InChI is InChI=1S/C17H12O7/c1-20-9-6-10-12(8-3-5-22-17(8)23-10)14-11(9)7-2-4-21-15(18)13(7)16(19)24-14/h3,5-6,8,17H,2,4H2,1H3/t8-,17+/m0/s1/i1D3. The Morgan fingerprint density at radius 3 is 3.17 bits per heavy atom. The van der Waals surface area contributed by atoms with Crippen LogP contribution in [0.3, 0.4) is 0 Å². The molecule has 1 aromatic heterocycles. The van der Waals surface area contributed by atoms with Gasteiger partial charge in [-0.2, -0.15) is 0 Å². The zero-order valence-corrected chi connectivity index (χ0v) is 12.2. The van der Waals surface area contributed by atoms with E-state index in [1.54, 1.807) is 6.08 Å². The third-order valence-electron chi connectivity index (χ3n) is 4.52. The molecule has 3 aliphatic heterocycles. The van der Waals surface area contributed by atoms with E-state index in [9.17, 15) is 9.59 Å². The lowest BCUT2D eigenvalue weighted by atomic mass is 9.93.